The maximum atomic E-state index is 10.9. The van der Waals surface area contributed by atoms with Crippen molar-refractivity contribution in [1.29, 1.82) is 0 Å². The third-order valence-electron chi connectivity index (χ3n) is 1.50. The van der Waals surface area contributed by atoms with Gasteiger partial charge >= 0.3 is 5.97 Å². The van der Waals surface area contributed by atoms with Gasteiger partial charge in [0, 0.05) is 0 Å². The van der Waals surface area contributed by atoms with Crippen LogP contribution in [0.3, 0.4) is 0 Å². The molecule has 1 unspecified atom stereocenters. The number of aliphatic hydroxyl groups is 1. The van der Waals surface area contributed by atoms with Crippen LogP contribution in [0.2, 0.25) is 0 Å². The summed E-state index contributed by atoms with van der Waals surface area (Å²) >= 11 is 0. The van der Waals surface area contributed by atoms with Crippen LogP contribution in [0, 0.1) is 0 Å². The zero-order valence-electron chi connectivity index (χ0n) is 7.14. The molecular weight excluding hydrogens is 172 g/mol. The van der Waals surface area contributed by atoms with Gasteiger partial charge in [0.15, 0.2) is 6.10 Å². The smallest absolute Gasteiger partial charge is 0.375 e. The lowest BCUT2D eigenvalue weighted by atomic mass is 10.1. The predicted octanol–water partition coefficient (Wildman–Crippen LogP) is 0.825. The van der Waals surface area contributed by atoms with Gasteiger partial charge in [0.1, 0.15) is 0 Å². The summed E-state index contributed by atoms with van der Waals surface area (Å²) in [5.74, 6) is -0.825. The first-order chi connectivity index (χ1) is 6.25. The van der Waals surface area contributed by atoms with E-state index in [-0.39, 0.29) is 0 Å². The average Bonchev–Trinajstić information content (AvgIpc) is 2.18. The number of rotatable bonds is 3. The summed E-state index contributed by atoms with van der Waals surface area (Å²) in [6.45, 7) is 0. The molecule has 0 radical (unpaired) electrons. The molecule has 0 amide bonds. The number of hydrogen-bond acceptors (Lipinski definition) is 4. The fraction of sp³-hybridized carbons (Fsp3) is 0.222. The van der Waals surface area contributed by atoms with Crippen LogP contribution < -0.4 is 0 Å². The minimum Gasteiger partial charge on any atom is -0.377 e. The second kappa shape index (κ2) is 4.59. The van der Waals surface area contributed by atoms with Crippen LogP contribution in [-0.2, 0) is 14.6 Å². The van der Waals surface area contributed by atoms with Crippen molar-refractivity contribution < 1.29 is 19.7 Å². The van der Waals surface area contributed by atoms with Crippen LogP contribution in [-0.4, -0.2) is 18.2 Å². The Morgan fingerprint density at radius 3 is 2.54 bits per heavy atom. The molecule has 0 heterocycles. The van der Waals surface area contributed by atoms with Crippen LogP contribution in [0.15, 0.2) is 30.3 Å². The van der Waals surface area contributed by atoms with Crippen molar-refractivity contribution in [2.45, 2.75) is 6.10 Å². The molecule has 70 valence electrons. The molecule has 13 heavy (non-hydrogen) atoms. The normalized spacial score (nSPS) is 12.2. The Balaban J connectivity index is 2.68. The number of carbonyl (C=O) groups excluding carboxylic acids is 1. The Kier molecular flexibility index (Phi) is 3.42. The van der Waals surface area contributed by atoms with Gasteiger partial charge in [-0.2, -0.15) is 4.89 Å². The molecule has 0 aliphatic carbocycles. The summed E-state index contributed by atoms with van der Waals surface area (Å²) in [6.07, 6.45) is -1.29. The van der Waals surface area contributed by atoms with Crippen LogP contribution >= 0.6 is 0 Å². The largest absolute Gasteiger partial charge is 0.377 e. The minimum atomic E-state index is -1.29. The molecule has 1 N–H and O–H groups in total. The highest BCUT2D eigenvalue weighted by Gasteiger charge is 2.18. The van der Waals surface area contributed by atoms with Crippen molar-refractivity contribution in [1.82, 2.24) is 0 Å². The predicted molar refractivity (Wildman–Crippen MR) is 44.5 cm³/mol. The van der Waals surface area contributed by atoms with Gasteiger partial charge < -0.3 is 5.11 Å². The molecule has 0 spiro atoms. The lowest BCUT2D eigenvalue weighted by Gasteiger charge is -2.07. The number of benzene rings is 1. The molecule has 0 bridgehead atoms. The van der Waals surface area contributed by atoms with Gasteiger partial charge in [0.05, 0.1) is 7.11 Å². The molecule has 0 fully saturated rings. The lowest BCUT2D eigenvalue weighted by Crippen LogP contribution is -2.14. The first-order valence-electron chi connectivity index (χ1n) is 3.73. The summed E-state index contributed by atoms with van der Waals surface area (Å²) < 4.78 is 0. The van der Waals surface area contributed by atoms with Gasteiger partial charge in [-0.1, -0.05) is 30.3 Å². The quantitative estimate of drug-likeness (QED) is 0.555. The van der Waals surface area contributed by atoms with Gasteiger partial charge in [-0.25, -0.2) is 4.79 Å². The van der Waals surface area contributed by atoms with Gasteiger partial charge in [0.2, 0.25) is 0 Å². The first-order valence-corrected chi connectivity index (χ1v) is 3.73. The summed E-state index contributed by atoms with van der Waals surface area (Å²) in [5.41, 5.74) is 0.476. The van der Waals surface area contributed by atoms with Crippen molar-refractivity contribution in [3.05, 3.63) is 35.9 Å². The monoisotopic (exact) mass is 182 g/mol. The van der Waals surface area contributed by atoms with E-state index in [2.05, 4.69) is 9.78 Å². The number of aliphatic hydroxyl groups excluding tert-OH is 1. The molecule has 0 aliphatic heterocycles. The van der Waals surface area contributed by atoms with Crippen molar-refractivity contribution in [3.63, 3.8) is 0 Å². The van der Waals surface area contributed by atoms with E-state index in [0.717, 1.165) is 0 Å². The maximum absolute atomic E-state index is 10.9. The summed E-state index contributed by atoms with van der Waals surface area (Å²) in [5, 5.41) is 9.37. The first kappa shape index (κ1) is 9.70. The molecular formula is C9H10O4. The van der Waals surface area contributed by atoms with Crippen molar-refractivity contribution in [2.24, 2.45) is 0 Å². The zero-order valence-corrected chi connectivity index (χ0v) is 7.14. The highest BCUT2D eigenvalue weighted by atomic mass is 17.2. The highest BCUT2D eigenvalue weighted by molar-refractivity contribution is 5.75. The Labute approximate surface area is 75.6 Å². The molecule has 1 rings (SSSR count). The molecule has 4 nitrogen and oxygen atoms in total. The van der Waals surface area contributed by atoms with E-state index in [9.17, 15) is 9.90 Å². The number of carbonyl (C=O) groups is 1. The fourth-order valence-electron chi connectivity index (χ4n) is 0.899. The Hall–Kier alpha value is -1.39. The van der Waals surface area contributed by atoms with Crippen molar-refractivity contribution >= 4 is 5.97 Å². The molecule has 4 heteroatoms. The molecule has 1 atom stereocenters. The van der Waals surface area contributed by atoms with E-state index in [1.54, 1.807) is 30.3 Å². The summed E-state index contributed by atoms with van der Waals surface area (Å²) in [4.78, 5) is 19.3. The van der Waals surface area contributed by atoms with Crippen molar-refractivity contribution in [3.8, 4) is 0 Å². The Bertz CT molecular complexity index is 270. The second-order valence-electron chi connectivity index (χ2n) is 2.38. The van der Waals surface area contributed by atoms with E-state index in [1.807, 2.05) is 0 Å². The second-order valence-corrected chi connectivity index (χ2v) is 2.38. The summed E-state index contributed by atoms with van der Waals surface area (Å²) in [7, 11) is 1.20. The Morgan fingerprint density at radius 1 is 1.38 bits per heavy atom. The molecule has 1 aromatic rings. The van der Waals surface area contributed by atoms with E-state index < -0.39 is 12.1 Å². The molecule has 0 aliphatic rings. The minimum absolute atomic E-state index is 0.476. The van der Waals surface area contributed by atoms with Crippen molar-refractivity contribution in [2.75, 3.05) is 7.11 Å². The van der Waals surface area contributed by atoms with Gasteiger partial charge in [-0.15, -0.1) is 0 Å². The fourth-order valence-corrected chi connectivity index (χ4v) is 0.899. The lowest BCUT2D eigenvalue weighted by molar-refractivity contribution is -0.262. The van der Waals surface area contributed by atoms with E-state index in [4.69, 9.17) is 0 Å². The zero-order chi connectivity index (χ0) is 9.68. The molecule has 1 aromatic carbocycles. The maximum Gasteiger partial charge on any atom is 0.375 e. The Morgan fingerprint density at radius 2 is 2.00 bits per heavy atom. The van der Waals surface area contributed by atoms with E-state index in [0.29, 0.717) is 5.56 Å². The van der Waals surface area contributed by atoms with E-state index >= 15 is 0 Å². The van der Waals surface area contributed by atoms with E-state index in [1.165, 1.54) is 7.11 Å². The SMILES string of the molecule is COOC(=O)C(O)c1ccccc1. The standard InChI is InChI=1S/C9H10O4/c1-12-13-9(11)8(10)7-5-3-2-4-6-7/h2-6,8,10H,1H3. The van der Waals surface area contributed by atoms with Gasteiger partial charge in [-0.3, -0.25) is 4.89 Å². The average molecular weight is 182 g/mol. The van der Waals surface area contributed by atoms with Crippen LogP contribution in [0.1, 0.15) is 11.7 Å². The van der Waals surface area contributed by atoms with Crippen LogP contribution in [0.5, 0.6) is 0 Å². The third kappa shape index (κ3) is 2.54. The van der Waals surface area contributed by atoms with Gasteiger partial charge in [0.25, 0.3) is 0 Å². The third-order valence-corrected chi connectivity index (χ3v) is 1.50. The molecule has 0 saturated carbocycles. The summed E-state index contributed by atoms with van der Waals surface area (Å²) in [6, 6.07) is 8.48. The van der Waals surface area contributed by atoms with Crippen LogP contribution in [0.4, 0.5) is 0 Å². The highest BCUT2D eigenvalue weighted by Crippen LogP contribution is 2.13. The number of hydrogen-bond donors (Lipinski definition) is 1. The van der Waals surface area contributed by atoms with Crippen LogP contribution in [0.25, 0.3) is 0 Å². The van der Waals surface area contributed by atoms with Gasteiger partial charge in [-0.05, 0) is 5.56 Å². The topological polar surface area (TPSA) is 55.8 Å². The molecule has 0 saturated heterocycles. The molecule has 0 aromatic heterocycles.